The van der Waals surface area contributed by atoms with E-state index in [0.717, 1.165) is 11.3 Å². The number of ketones is 1. The molecule has 0 spiro atoms. The summed E-state index contributed by atoms with van der Waals surface area (Å²) in [5, 5.41) is 10.2. The highest BCUT2D eigenvalue weighted by atomic mass is 16.3. The summed E-state index contributed by atoms with van der Waals surface area (Å²) in [6.07, 6.45) is 3.53. The Labute approximate surface area is 162 Å². The third-order valence-electron chi connectivity index (χ3n) is 4.41. The van der Waals surface area contributed by atoms with Crippen LogP contribution in [0.2, 0.25) is 0 Å². The van der Waals surface area contributed by atoms with Gasteiger partial charge < -0.3 is 15.3 Å². The first-order valence-corrected chi connectivity index (χ1v) is 8.93. The van der Waals surface area contributed by atoms with Crippen LogP contribution in [0, 0.1) is 13.8 Å². The van der Waals surface area contributed by atoms with Gasteiger partial charge in [0.2, 0.25) is 5.89 Å². The molecule has 3 N–H and O–H groups in total. The number of nitrogen functional groups attached to an aromatic ring is 1. The summed E-state index contributed by atoms with van der Waals surface area (Å²) in [6.45, 7) is 6.99. The quantitative estimate of drug-likeness (QED) is 0.624. The van der Waals surface area contributed by atoms with Crippen LogP contribution >= 0.6 is 0 Å². The van der Waals surface area contributed by atoms with Gasteiger partial charge in [0.1, 0.15) is 23.3 Å². The van der Waals surface area contributed by atoms with E-state index in [9.17, 15) is 9.90 Å². The number of aryl methyl sites for hydroxylation is 3. The molecule has 0 aliphatic carbocycles. The first-order valence-electron chi connectivity index (χ1n) is 8.93. The summed E-state index contributed by atoms with van der Waals surface area (Å²) < 4.78 is 5.23. The standard InChI is InChI=1S/C20H23N5O3/c1-11-5-8-15(20(3,4)27)24-13(11)6-7-14(26)17-18(21)25-16(12(2)23-17)19-22-9-10-28-19/h5,8-10,27H,6-7H2,1-4H3,(H2,21,25). The molecule has 3 rings (SSSR count). The number of aliphatic hydroxyl groups is 1. The number of nitrogens with zero attached hydrogens (tertiary/aromatic N) is 4. The lowest BCUT2D eigenvalue weighted by atomic mass is 10.0. The van der Waals surface area contributed by atoms with Crippen molar-refractivity contribution in [3.63, 3.8) is 0 Å². The minimum Gasteiger partial charge on any atom is -0.443 e. The maximum atomic E-state index is 12.7. The van der Waals surface area contributed by atoms with Gasteiger partial charge in [0.05, 0.1) is 17.6 Å². The van der Waals surface area contributed by atoms with E-state index in [2.05, 4.69) is 19.9 Å². The van der Waals surface area contributed by atoms with E-state index in [4.69, 9.17) is 10.2 Å². The summed E-state index contributed by atoms with van der Waals surface area (Å²) in [7, 11) is 0. The van der Waals surface area contributed by atoms with Crippen LogP contribution in [-0.2, 0) is 12.0 Å². The summed E-state index contributed by atoms with van der Waals surface area (Å²) in [4.78, 5) is 29.8. The molecule has 0 atom stereocenters. The zero-order valence-corrected chi connectivity index (χ0v) is 16.4. The number of aromatic nitrogens is 4. The number of nitrogens with two attached hydrogens (primary N) is 1. The molecule has 8 heteroatoms. The molecule has 28 heavy (non-hydrogen) atoms. The molecule has 0 radical (unpaired) electrons. The summed E-state index contributed by atoms with van der Waals surface area (Å²) in [5.41, 5.74) is 8.24. The number of hydrogen-bond acceptors (Lipinski definition) is 8. The minimum atomic E-state index is -1.05. The Morgan fingerprint density at radius 2 is 1.96 bits per heavy atom. The first kappa shape index (κ1) is 19.6. The number of hydrogen-bond donors (Lipinski definition) is 2. The van der Waals surface area contributed by atoms with Crippen molar-refractivity contribution in [3.8, 4) is 11.6 Å². The normalized spacial score (nSPS) is 11.6. The Kier molecular flexibility index (Phi) is 5.24. The van der Waals surface area contributed by atoms with Crippen molar-refractivity contribution in [1.29, 1.82) is 0 Å². The predicted octanol–water partition coefficient (Wildman–Crippen LogP) is 2.77. The van der Waals surface area contributed by atoms with Crippen LogP contribution in [0.15, 0.2) is 29.0 Å². The second-order valence-corrected chi connectivity index (χ2v) is 7.17. The monoisotopic (exact) mass is 381 g/mol. The molecule has 0 saturated heterocycles. The Balaban J connectivity index is 1.80. The molecule has 3 aromatic heterocycles. The predicted molar refractivity (Wildman–Crippen MR) is 104 cm³/mol. The van der Waals surface area contributed by atoms with Crippen molar-refractivity contribution < 1.29 is 14.3 Å². The first-order chi connectivity index (χ1) is 13.2. The lowest BCUT2D eigenvalue weighted by molar-refractivity contribution is 0.0736. The van der Waals surface area contributed by atoms with E-state index in [-0.39, 0.29) is 23.7 Å². The van der Waals surface area contributed by atoms with Crippen LogP contribution in [0.3, 0.4) is 0 Å². The number of rotatable bonds is 6. The van der Waals surface area contributed by atoms with Gasteiger partial charge in [-0.05, 0) is 45.7 Å². The maximum Gasteiger partial charge on any atom is 0.246 e. The fourth-order valence-corrected chi connectivity index (χ4v) is 2.80. The fraction of sp³-hybridized carbons (Fsp3) is 0.350. The lowest BCUT2D eigenvalue weighted by Crippen LogP contribution is -2.19. The van der Waals surface area contributed by atoms with Crippen molar-refractivity contribution in [2.24, 2.45) is 0 Å². The van der Waals surface area contributed by atoms with E-state index >= 15 is 0 Å². The van der Waals surface area contributed by atoms with Gasteiger partial charge in [-0.1, -0.05) is 6.07 Å². The molecule has 0 aliphatic rings. The van der Waals surface area contributed by atoms with Crippen molar-refractivity contribution >= 4 is 11.6 Å². The van der Waals surface area contributed by atoms with E-state index in [1.165, 1.54) is 12.5 Å². The number of carbonyl (C=O) groups is 1. The average Bonchev–Trinajstić information content (AvgIpc) is 3.15. The van der Waals surface area contributed by atoms with Gasteiger partial charge in [-0.15, -0.1) is 0 Å². The highest BCUT2D eigenvalue weighted by Gasteiger charge is 2.21. The maximum absolute atomic E-state index is 12.7. The Morgan fingerprint density at radius 3 is 2.61 bits per heavy atom. The van der Waals surface area contributed by atoms with Crippen molar-refractivity contribution in [2.45, 2.75) is 46.1 Å². The minimum absolute atomic E-state index is 0.0405. The number of oxazole rings is 1. The molecule has 3 heterocycles. The molecule has 0 aromatic carbocycles. The molecule has 3 aromatic rings. The zero-order chi connectivity index (χ0) is 20.5. The van der Waals surface area contributed by atoms with E-state index in [1.807, 2.05) is 13.0 Å². The molecule has 0 unspecified atom stereocenters. The number of Topliss-reactive ketones (excluding diaryl/α,β-unsaturated/α-hetero) is 1. The van der Waals surface area contributed by atoms with Crippen LogP contribution in [0.25, 0.3) is 11.6 Å². The van der Waals surface area contributed by atoms with Gasteiger partial charge in [-0.3, -0.25) is 9.78 Å². The van der Waals surface area contributed by atoms with Gasteiger partial charge in [0.15, 0.2) is 11.6 Å². The molecule has 0 aliphatic heterocycles. The van der Waals surface area contributed by atoms with E-state index in [0.29, 0.717) is 29.4 Å². The van der Waals surface area contributed by atoms with Gasteiger partial charge >= 0.3 is 0 Å². The Morgan fingerprint density at radius 1 is 1.21 bits per heavy atom. The second kappa shape index (κ2) is 7.47. The number of anilines is 1. The van der Waals surface area contributed by atoms with Crippen molar-refractivity contribution in [3.05, 3.63) is 52.9 Å². The summed E-state index contributed by atoms with van der Waals surface area (Å²) >= 11 is 0. The molecular weight excluding hydrogens is 358 g/mol. The van der Waals surface area contributed by atoms with Gasteiger partial charge in [-0.25, -0.2) is 15.0 Å². The molecule has 146 valence electrons. The zero-order valence-electron chi connectivity index (χ0n) is 16.4. The smallest absolute Gasteiger partial charge is 0.246 e. The molecular formula is C20H23N5O3. The van der Waals surface area contributed by atoms with E-state index < -0.39 is 5.60 Å². The summed E-state index contributed by atoms with van der Waals surface area (Å²) in [5.74, 6) is 0.125. The van der Waals surface area contributed by atoms with Crippen LogP contribution in [0.5, 0.6) is 0 Å². The molecule has 0 amide bonds. The van der Waals surface area contributed by atoms with E-state index in [1.54, 1.807) is 26.8 Å². The number of pyridine rings is 1. The fourth-order valence-electron chi connectivity index (χ4n) is 2.80. The Bertz CT molecular complexity index is 1010. The van der Waals surface area contributed by atoms with Crippen LogP contribution < -0.4 is 5.73 Å². The lowest BCUT2D eigenvalue weighted by Gasteiger charge is -2.18. The highest BCUT2D eigenvalue weighted by Crippen LogP contribution is 2.23. The van der Waals surface area contributed by atoms with Crippen LogP contribution in [0.1, 0.15) is 53.4 Å². The average molecular weight is 381 g/mol. The topological polar surface area (TPSA) is 128 Å². The molecule has 8 nitrogen and oxygen atoms in total. The van der Waals surface area contributed by atoms with Crippen LogP contribution in [-0.4, -0.2) is 30.8 Å². The molecule has 0 bridgehead atoms. The van der Waals surface area contributed by atoms with Gasteiger partial charge in [-0.2, -0.15) is 0 Å². The number of carbonyl (C=O) groups excluding carboxylic acids is 1. The largest absolute Gasteiger partial charge is 0.443 e. The van der Waals surface area contributed by atoms with Gasteiger partial charge in [0, 0.05) is 12.1 Å². The van der Waals surface area contributed by atoms with Crippen molar-refractivity contribution in [1.82, 2.24) is 19.9 Å². The molecule has 0 saturated carbocycles. The van der Waals surface area contributed by atoms with Gasteiger partial charge in [0.25, 0.3) is 0 Å². The SMILES string of the molecule is Cc1ccc(C(C)(C)O)nc1CCC(=O)c1nc(C)c(-c2ncco2)nc1N. The molecule has 0 fully saturated rings. The summed E-state index contributed by atoms with van der Waals surface area (Å²) in [6, 6.07) is 3.68. The third kappa shape index (κ3) is 4.07. The Hall–Kier alpha value is -3.13. The highest BCUT2D eigenvalue weighted by molar-refractivity contribution is 5.98. The second-order valence-electron chi connectivity index (χ2n) is 7.17. The third-order valence-corrected chi connectivity index (χ3v) is 4.41. The van der Waals surface area contributed by atoms with Crippen molar-refractivity contribution in [2.75, 3.05) is 5.73 Å². The van der Waals surface area contributed by atoms with Crippen LogP contribution in [0.4, 0.5) is 5.82 Å².